The predicted molar refractivity (Wildman–Crippen MR) is 46.3 cm³/mol. The van der Waals surface area contributed by atoms with Crippen molar-refractivity contribution in [2.24, 2.45) is 0 Å². The summed E-state index contributed by atoms with van der Waals surface area (Å²) in [6.07, 6.45) is 1.63. The molecule has 2 nitrogen and oxygen atoms in total. The van der Waals surface area contributed by atoms with Crippen molar-refractivity contribution in [2.45, 2.75) is 5.33 Å². The third-order valence-corrected chi connectivity index (χ3v) is 2.08. The molecule has 0 aliphatic rings. The first-order valence-corrected chi connectivity index (χ1v) is 4.20. The molecule has 0 saturated heterocycles. The minimum absolute atomic E-state index is 0.372. The molecule has 4 heteroatoms. The first-order valence-electron chi connectivity index (χ1n) is 2.70. The van der Waals surface area contributed by atoms with Gasteiger partial charge in [-0.15, -0.1) is 0 Å². The van der Waals surface area contributed by atoms with E-state index in [1.807, 2.05) is 6.07 Å². The Morgan fingerprint density at radius 2 is 2.40 bits per heavy atom. The number of alkyl halides is 1. The zero-order valence-electron chi connectivity index (χ0n) is 5.14. The smallest absolute Gasteiger partial charge is 0.152 e. The van der Waals surface area contributed by atoms with Crippen LogP contribution in [0, 0.1) is 0 Å². The maximum absolute atomic E-state index is 5.64. The van der Waals surface area contributed by atoms with Crippen LogP contribution in [0.2, 0.25) is 5.15 Å². The Morgan fingerprint density at radius 1 is 1.70 bits per heavy atom. The van der Waals surface area contributed by atoms with Crippen LogP contribution in [-0.2, 0) is 5.33 Å². The number of hydrogen-bond acceptors (Lipinski definition) is 2. The molecule has 2 N–H and O–H groups in total. The van der Waals surface area contributed by atoms with Crippen LogP contribution in [-0.4, -0.2) is 4.98 Å². The number of halogens is 2. The number of rotatable bonds is 1. The van der Waals surface area contributed by atoms with Gasteiger partial charge in [-0.05, 0) is 11.6 Å². The van der Waals surface area contributed by atoms with Gasteiger partial charge in [-0.3, -0.25) is 0 Å². The lowest BCUT2D eigenvalue weighted by Crippen LogP contribution is -1.93. The summed E-state index contributed by atoms with van der Waals surface area (Å²) < 4.78 is 0. The molecule has 54 valence electrons. The highest BCUT2D eigenvalue weighted by Gasteiger charge is 2.00. The number of anilines is 1. The molecule has 0 unspecified atom stereocenters. The fourth-order valence-corrected chi connectivity index (χ4v) is 1.27. The van der Waals surface area contributed by atoms with E-state index in [2.05, 4.69) is 20.9 Å². The third-order valence-electron chi connectivity index (χ3n) is 1.18. The third kappa shape index (κ3) is 1.41. The average molecular weight is 221 g/mol. The summed E-state index contributed by atoms with van der Waals surface area (Å²) in [5.74, 6) is 0. The van der Waals surface area contributed by atoms with Gasteiger partial charge in [0.05, 0.1) is 5.69 Å². The number of hydrogen-bond donors (Lipinski definition) is 1. The van der Waals surface area contributed by atoms with Gasteiger partial charge in [0, 0.05) is 11.5 Å². The lowest BCUT2D eigenvalue weighted by molar-refractivity contribution is 1.28. The number of pyridine rings is 1. The van der Waals surface area contributed by atoms with E-state index in [0.717, 1.165) is 5.56 Å². The standard InChI is InChI=1S/C6H6BrClN2/c7-3-4-1-2-10-6(8)5(4)9/h1-2H,3,9H2. The van der Waals surface area contributed by atoms with Crippen molar-refractivity contribution in [3.8, 4) is 0 Å². The zero-order chi connectivity index (χ0) is 7.56. The lowest BCUT2D eigenvalue weighted by Gasteiger charge is -2.00. The van der Waals surface area contributed by atoms with Crippen molar-refractivity contribution in [3.05, 3.63) is 23.0 Å². The maximum Gasteiger partial charge on any atom is 0.152 e. The van der Waals surface area contributed by atoms with E-state index in [9.17, 15) is 0 Å². The van der Waals surface area contributed by atoms with Gasteiger partial charge in [-0.25, -0.2) is 4.98 Å². The minimum atomic E-state index is 0.372. The first-order chi connectivity index (χ1) is 4.75. The monoisotopic (exact) mass is 220 g/mol. The Kier molecular flexibility index (Phi) is 2.51. The molecule has 1 aromatic rings. The van der Waals surface area contributed by atoms with Crippen LogP contribution in [0.25, 0.3) is 0 Å². The Bertz CT molecular complexity index is 239. The van der Waals surface area contributed by atoms with Crippen LogP contribution in [0.5, 0.6) is 0 Å². The van der Waals surface area contributed by atoms with Crippen molar-refractivity contribution in [3.63, 3.8) is 0 Å². The molecule has 0 aliphatic heterocycles. The number of nitrogens with two attached hydrogens (primary N) is 1. The topological polar surface area (TPSA) is 38.9 Å². The minimum Gasteiger partial charge on any atom is -0.396 e. The van der Waals surface area contributed by atoms with Gasteiger partial charge in [-0.2, -0.15) is 0 Å². The average Bonchev–Trinajstić information content (AvgIpc) is 1.95. The molecule has 0 bridgehead atoms. The highest BCUT2D eigenvalue weighted by atomic mass is 79.9. The molecular formula is C6H6BrClN2. The van der Waals surface area contributed by atoms with Crippen LogP contribution in [0.4, 0.5) is 5.69 Å². The summed E-state index contributed by atoms with van der Waals surface area (Å²) in [5.41, 5.74) is 7.10. The Morgan fingerprint density at radius 3 is 2.90 bits per heavy atom. The lowest BCUT2D eigenvalue weighted by atomic mass is 10.3. The van der Waals surface area contributed by atoms with Gasteiger partial charge in [-0.1, -0.05) is 27.5 Å². The summed E-state index contributed by atoms with van der Waals surface area (Å²) in [6, 6.07) is 1.83. The fourth-order valence-electron chi connectivity index (χ4n) is 0.601. The second kappa shape index (κ2) is 3.21. The molecule has 1 aromatic heterocycles. The SMILES string of the molecule is Nc1c(CBr)ccnc1Cl. The first kappa shape index (κ1) is 7.82. The summed E-state index contributed by atoms with van der Waals surface area (Å²) in [5, 5.41) is 1.08. The van der Waals surface area contributed by atoms with Gasteiger partial charge < -0.3 is 5.73 Å². The van der Waals surface area contributed by atoms with Gasteiger partial charge in [0.2, 0.25) is 0 Å². The Hall–Kier alpha value is -0.280. The maximum atomic E-state index is 5.64. The highest BCUT2D eigenvalue weighted by Crippen LogP contribution is 2.21. The highest BCUT2D eigenvalue weighted by molar-refractivity contribution is 9.08. The molecular weight excluding hydrogens is 215 g/mol. The summed E-state index contributed by atoms with van der Waals surface area (Å²) >= 11 is 8.91. The quantitative estimate of drug-likeness (QED) is 0.583. The van der Waals surface area contributed by atoms with Gasteiger partial charge in [0.15, 0.2) is 5.15 Å². The molecule has 0 atom stereocenters. The number of nitrogens with zero attached hydrogens (tertiary/aromatic N) is 1. The van der Waals surface area contributed by atoms with Crippen molar-refractivity contribution < 1.29 is 0 Å². The van der Waals surface area contributed by atoms with Crippen LogP contribution < -0.4 is 5.73 Å². The van der Waals surface area contributed by atoms with E-state index in [-0.39, 0.29) is 0 Å². The largest absolute Gasteiger partial charge is 0.396 e. The van der Waals surface area contributed by atoms with Crippen molar-refractivity contribution in [2.75, 3.05) is 5.73 Å². The Balaban J connectivity index is 3.14. The van der Waals surface area contributed by atoms with Crippen LogP contribution >= 0.6 is 27.5 Å². The second-order valence-electron chi connectivity index (χ2n) is 1.81. The number of nitrogen functional groups attached to an aromatic ring is 1. The summed E-state index contributed by atoms with van der Waals surface area (Å²) in [6.45, 7) is 0. The van der Waals surface area contributed by atoms with Crippen molar-refractivity contribution in [1.29, 1.82) is 0 Å². The molecule has 0 aromatic carbocycles. The molecule has 1 heterocycles. The van der Waals surface area contributed by atoms with E-state index >= 15 is 0 Å². The molecule has 0 saturated carbocycles. The molecule has 10 heavy (non-hydrogen) atoms. The van der Waals surface area contributed by atoms with E-state index in [1.54, 1.807) is 6.20 Å². The molecule has 1 rings (SSSR count). The van der Waals surface area contributed by atoms with Crippen LogP contribution in [0.15, 0.2) is 12.3 Å². The fraction of sp³-hybridized carbons (Fsp3) is 0.167. The molecule has 0 amide bonds. The predicted octanol–water partition coefficient (Wildman–Crippen LogP) is 2.21. The van der Waals surface area contributed by atoms with Gasteiger partial charge >= 0.3 is 0 Å². The summed E-state index contributed by atoms with van der Waals surface area (Å²) in [7, 11) is 0. The molecule has 0 aliphatic carbocycles. The van der Waals surface area contributed by atoms with Gasteiger partial charge in [0.1, 0.15) is 0 Å². The van der Waals surface area contributed by atoms with E-state index in [4.69, 9.17) is 17.3 Å². The summed E-state index contributed by atoms with van der Waals surface area (Å²) in [4.78, 5) is 3.81. The van der Waals surface area contributed by atoms with Crippen molar-refractivity contribution in [1.82, 2.24) is 4.98 Å². The van der Waals surface area contributed by atoms with Crippen molar-refractivity contribution >= 4 is 33.2 Å². The molecule has 0 radical (unpaired) electrons. The van der Waals surface area contributed by atoms with E-state index in [0.29, 0.717) is 16.2 Å². The van der Waals surface area contributed by atoms with Crippen LogP contribution in [0.1, 0.15) is 5.56 Å². The second-order valence-corrected chi connectivity index (χ2v) is 2.73. The number of aromatic nitrogens is 1. The van der Waals surface area contributed by atoms with Gasteiger partial charge in [0.25, 0.3) is 0 Å². The Labute approximate surface area is 72.5 Å². The van der Waals surface area contributed by atoms with E-state index < -0.39 is 0 Å². The van der Waals surface area contributed by atoms with E-state index in [1.165, 1.54) is 0 Å². The molecule has 0 fully saturated rings. The van der Waals surface area contributed by atoms with Crippen LogP contribution in [0.3, 0.4) is 0 Å². The zero-order valence-corrected chi connectivity index (χ0v) is 7.48. The molecule has 0 spiro atoms. The normalized spacial score (nSPS) is 9.80.